The molecule has 5 nitrogen and oxygen atoms in total. The minimum atomic E-state index is 0.507. The minimum Gasteiger partial charge on any atom is -0.378 e. The van der Waals surface area contributed by atoms with Gasteiger partial charge < -0.3 is 15.4 Å². The molecule has 0 bridgehead atoms. The lowest BCUT2D eigenvalue weighted by atomic mass is 9.98. The van der Waals surface area contributed by atoms with Crippen molar-refractivity contribution in [3.63, 3.8) is 0 Å². The molecule has 0 aliphatic heterocycles. The third-order valence-corrected chi connectivity index (χ3v) is 5.55. The van der Waals surface area contributed by atoms with E-state index in [-0.39, 0.29) is 0 Å². The Hall–Kier alpha value is -1.14. The maximum atomic E-state index is 5.95. The lowest BCUT2D eigenvalue weighted by Crippen LogP contribution is -2.38. The molecule has 6 heteroatoms. The summed E-state index contributed by atoms with van der Waals surface area (Å²) in [7, 11) is 1.83. The highest BCUT2D eigenvalue weighted by molar-refractivity contribution is 7.09. The Balaban J connectivity index is 1.44. The summed E-state index contributed by atoms with van der Waals surface area (Å²) < 4.78 is 5.95. The SMILES string of the molecule is CN=C(NCCCCc1nc(C)cs1)NCCCOC1CCCCC1. The third kappa shape index (κ3) is 8.68. The number of nitrogens with zero attached hydrogens (tertiary/aromatic N) is 2. The molecule has 0 saturated heterocycles. The highest BCUT2D eigenvalue weighted by Gasteiger charge is 2.12. The Morgan fingerprint density at radius 3 is 2.64 bits per heavy atom. The van der Waals surface area contributed by atoms with E-state index < -0.39 is 0 Å². The summed E-state index contributed by atoms with van der Waals surface area (Å²) >= 11 is 1.76. The number of hydrogen-bond donors (Lipinski definition) is 2. The van der Waals surface area contributed by atoms with Gasteiger partial charge in [-0.25, -0.2) is 4.98 Å². The molecule has 0 spiro atoms. The Kier molecular flexibility index (Phi) is 9.89. The van der Waals surface area contributed by atoms with Crippen LogP contribution < -0.4 is 10.6 Å². The van der Waals surface area contributed by atoms with Crippen LogP contribution in [0.25, 0.3) is 0 Å². The Labute approximate surface area is 156 Å². The van der Waals surface area contributed by atoms with Crippen LogP contribution in [-0.2, 0) is 11.2 Å². The molecule has 1 fully saturated rings. The maximum absolute atomic E-state index is 5.95. The Morgan fingerprint density at radius 1 is 1.20 bits per heavy atom. The first-order chi connectivity index (χ1) is 12.3. The van der Waals surface area contributed by atoms with Gasteiger partial charge in [0.25, 0.3) is 0 Å². The van der Waals surface area contributed by atoms with E-state index >= 15 is 0 Å². The molecule has 0 aromatic carbocycles. The van der Waals surface area contributed by atoms with Crippen molar-refractivity contribution < 1.29 is 4.74 Å². The third-order valence-electron chi connectivity index (χ3n) is 4.52. The predicted molar refractivity (Wildman–Crippen MR) is 107 cm³/mol. The van der Waals surface area contributed by atoms with E-state index in [1.165, 1.54) is 37.1 Å². The average molecular weight is 367 g/mol. The van der Waals surface area contributed by atoms with Crippen molar-refractivity contribution in [2.45, 2.75) is 70.8 Å². The summed E-state index contributed by atoms with van der Waals surface area (Å²) in [5.41, 5.74) is 1.13. The predicted octanol–water partition coefficient (Wildman–Crippen LogP) is 3.68. The molecule has 0 atom stereocenters. The van der Waals surface area contributed by atoms with Crippen molar-refractivity contribution in [3.05, 3.63) is 16.1 Å². The van der Waals surface area contributed by atoms with Crippen molar-refractivity contribution in [2.24, 2.45) is 4.99 Å². The second-order valence-corrected chi connectivity index (χ2v) is 7.69. The number of nitrogens with one attached hydrogen (secondary N) is 2. The molecular formula is C19H34N4OS. The number of aromatic nitrogens is 1. The van der Waals surface area contributed by atoms with Gasteiger partial charge in [-0.15, -0.1) is 11.3 Å². The van der Waals surface area contributed by atoms with E-state index in [0.717, 1.165) is 57.0 Å². The van der Waals surface area contributed by atoms with Crippen LogP contribution in [0, 0.1) is 6.92 Å². The fraction of sp³-hybridized carbons (Fsp3) is 0.789. The summed E-state index contributed by atoms with van der Waals surface area (Å²) in [6, 6.07) is 0. The lowest BCUT2D eigenvalue weighted by molar-refractivity contribution is 0.0277. The second kappa shape index (κ2) is 12.3. The highest BCUT2D eigenvalue weighted by Crippen LogP contribution is 2.20. The van der Waals surface area contributed by atoms with Crippen molar-refractivity contribution in [1.29, 1.82) is 0 Å². The van der Waals surface area contributed by atoms with E-state index in [1.807, 2.05) is 7.05 Å². The molecule has 1 aromatic heterocycles. The molecule has 142 valence electrons. The van der Waals surface area contributed by atoms with Crippen LogP contribution in [0.3, 0.4) is 0 Å². The zero-order chi connectivity index (χ0) is 17.7. The number of guanidine groups is 1. The first-order valence-corrected chi connectivity index (χ1v) is 10.6. The van der Waals surface area contributed by atoms with Gasteiger partial charge >= 0.3 is 0 Å². The minimum absolute atomic E-state index is 0.507. The van der Waals surface area contributed by atoms with Crippen LogP contribution in [0.4, 0.5) is 0 Å². The number of hydrogen-bond acceptors (Lipinski definition) is 4. The fourth-order valence-corrected chi connectivity index (χ4v) is 3.93. The highest BCUT2D eigenvalue weighted by atomic mass is 32.1. The van der Waals surface area contributed by atoms with Gasteiger partial charge in [-0.1, -0.05) is 19.3 Å². The van der Waals surface area contributed by atoms with Gasteiger partial charge in [0.05, 0.1) is 11.1 Å². The summed E-state index contributed by atoms with van der Waals surface area (Å²) in [5.74, 6) is 0.891. The van der Waals surface area contributed by atoms with Crippen LogP contribution in [0.15, 0.2) is 10.4 Å². The van der Waals surface area contributed by atoms with Crippen LogP contribution in [0.2, 0.25) is 0 Å². The topological polar surface area (TPSA) is 58.5 Å². The number of thiazole rings is 1. The molecule has 1 aromatic rings. The van der Waals surface area contributed by atoms with Crippen molar-refractivity contribution in [1.82, 2.24) is 15.6 Å². The van der Waals surface area contributed by atoms with Gasteiger partial charge in [-0.3, -0.25) is 4.99 Å². The lowest BCUT2D eigenvalue weighted by Gasteiger charge is -2.22. The van der Waals surface area contributed by atoms with E-state index in [4.69, 9.17) is 4.74 Å². The number of aryl methyl sites for hydroxylation is 2. The second-order valence-electron chi connectivity index (χ2n) is 6.75. The smallest absolute Gasteiger partial charge is 0.190 e. The van der Waals surface area contributed by atoms with Crippen LogP contribution >= 0.6 is 11.3 Å². The molecule has 0 amide bonds. The Morgan fingerprint density at radius 2 is 1.96 bits per heavy atom. The normalized spacial score (nSPS) is 16.2. The zero-order valence-corrected chi connectivity index (χ0v) is 16.7. The summed E-state index contributed by atoms with van der Waals surface area (Å²) in [5, 5.41) is 10.1. The molecule has 2 rings (SSSR count). The largest absolute Gasteiger partial charge is 0.378 e. The molecular weight excluding hydrogens is 332 g/mol. The first-order valence-electron chi connectivity index (χ1n) is 9.75. The molecule has 0 unspecified atom stereocenters. The van der Waals surface area contributed by atoms with Gasteiger partial charge in [-0.2, -0.15) is 0 Å². The molecule has 1 aliphatic carbocycles. The number of unbranched alkanes of at least 4 members (excludes halogenated alkanes) is 1. The molecule has 1 saturated carbocycles. The van der Waals surface area contributed by atoms with Gasteiger partial charge in [0.2, 0.25) is 0 Å². The van der Waals surface area contributed by atoms with Crippen LogP contribution in [0.1, 0.15) is 62.1 Å². The quantitative estimate of drug-likeness (QED) is 0.377. The zero-order valence-electron chi connectivity index (χ0n) is 15.9. The number of aliphatic imine (C=N–C) groups is 1. The molecule has 1 aliphatic rings. The molecule has 0 radical (unpaired) electrons. The Bertz CT molecular complexity index is 497. The van der Waals surface area contributed by atoms with E-state index in [9.17, 15) is 0 Å². The molecule has 25 heavy (non-hydrogen) atoms. The summed E-state index contributed by atoms with van der Waals surface area (Å²) in [6.45, 7) is 4.76. The van der Waals surface area contributed by atoms with Gasteiger partial charge in [-0.05, 0) is 45.4 Å². The monoisotopic (exact) mass is 366 g/mol. The van der Waals surface area contributed by atoms with Crippen molar-refractivity contribution in [2.75, 3.05) is 26.7 Å². The van der Waals surface area contributed by atoms with Gasteiger partial charge in [0.1, 0.15) is 0 Å². The molecule has 2 N–H and O–H groups in total. The summed E-state index contributed by atoms with van der Waals surface area (Å²) in [6.07, 6.45) is 11.4. The summed E-state index contributed by atoms with van der Waals surface area (Å²) in [4.78, 5) is 8.78. The number of rotatable bonds is 10. The van der Waals surface area contributed by atoms with Crippen molar-refractivity contribution in [3.8, 4) is 0 Å². The maximum Gasteiger partial charge on any atom is 0.190 e. The standard InChI is InChI=1S/C19H34N4OS/c1-16-15-25-18(23-16)11-6-7-12-21-19(20-2)22-13-8-14-24-17-9-4-3-5-10-17/h15,17H,3-14H2,1-2H3,(H2,20,21,22). The molecule has 1 heterocycles. The van der Waals surface area contributed by atoms with Crippen molar-refractivity contribution >= 4 is 17.3 Å². The van der Waals surface area contributed by atoms with E-state index in [2.05, 4.69) is 32.9 Å². The number of ether oxygens (including phenoxy) is 1. The first kappa shape index (κ1) is 20.2. The van der Waals surface area contributed by atoms with Gasteiger partial charge in [0, 0.05) is 37.8 Å². The van der Waals surface area contributed by atoms with Crippen LogP contribution in [-0.4, -0.2) is 43.8 Å². The van der Waals surface area contributed by atoms with E-state index in [0.29, 0.717) is 6.10 Å². The fourth-order valence-electron chi connectivity index (χ4n) is 3.11. The van der Waals surface area contributed by atoms with Crippen LogP contribution in [0.5, 0.6) is 0 Å². The van der Waals surface area contributed by atoms with Gasteiger partial charge in [0.15, 0.2) is 5.96 Å². The average Bonchev–Trinajstić information content (AvgIpc) is 3.05. The van der Waals surface area contributed by atoms with E-state index in [1.54, 1.807) is 11.3 Å².